The molecule has 0 spiro atoms. The van der Waals surface area contributed by atoms with E-state index >= 15 is 0 Å². The Labute approximate surface area is 44.0 Å². The predicted molar refractivity (Wildman–Crippen MR) is 33.1 cm³/mol. The molecule has 1 nitrogen and oxygen atoms in total. The molecule has 0 radical (unpaired) electrons. The lowest BCUT2D eigenvalue weighted by Crippen LogP contribution is -1.38. The van der Waals surface area contributed by atoms with Crippen molar-refractivity contribution >= 4 is 0 Å². The summed E-state index contributed by atoms with van der Waals surface area (Å²) in [6.45, 7) is 6.93. The van der Waals surface area contributed by atoms with E-state index in [2.05, 4.69) is 13.2 Å². The summed E-state index contributed by atoms with van der Waals surface area (Å²) in [4.78, 5) is 0. The molecule has 0 saturated carbocycles. The highest BCUT2D eigenvalue weighted by Gasteiger charge is 1.47. The molecule has 0 saturated heterocycles. The largest absolute Gasteiger partial charge is 0.412 e. The number of hydrogen-bond acceptors (Lipinski definition) is 0. The number of rotatable bonds is 2. The van der Waals surface area contributed by atoms with E-state index in [1.54, 1.807) is 12.2 Å². The van der Waals surface area contributed by atoms with E-state index in [1.165, 1.54) is 0 Å². The van der Waals surface area contributed by atoms with Gasteiger partial charge in [0.05, 0.1) is 0 Å². The van der Waals surface area contributed by atoms with Crippen molar-refractivity contribution in [2.24, 2.45) is 0 Å². The van der Waals surface area contributed by atoms with Crippen LogP contribution < -0.4 is 0 Å². The maximum Gasteiger partial charge on any atom is -0.0629 e. The number of allylic oxidation sites excluding steroid dienone is 4. The Balaban J connectivity index is 0. The van der Waals surface area contributed by atoms with Crippen LogP contribution in [0.15, 0.2) is 37.5 Å². The van der Waals surface area contributed by atoms with Crippen molar-refractivity contribution < 1.29 is 5.48 Å². The van der Waals surface area contributed by atoms with Gasteiger partial charge in [0.15, 0.2) is 0 Å². The third kappa shape index (κ3) is 11.0. The lowest BCUT2D eigenvalue weighted by Gasteiger charge is -1.60. The average Bonchev–Trinajstić information content (AvgIpc) is 1.61. The molecule has 0 aromatic heterocycles. The van der Waals surface area contributed by atoms with Gasteiger partial charge in [-0.25, -0.2) is 0 Å². The summed E-state index contributed by atoms with van der Waals surface area (Å²) >= 11 is 0. The van der Waals surface area contributed by atoms with E-state index in [9.17, 15) is 0 Å². The van der Waals surface area contributed by atoms with Gasteiger partial charge in [0.25, 0.3) is 0 Å². The van der Waals surface area contributed by atoms with Gasteiger partial charge in [-0.15, -0.1) is 0 Å². The molecule has 0 heterocycles. The fraction of sp³-hybridized carbons (Fsp3) is 0. The van der Waals surface area contributed by atoms with Gasteiger partial charge < -0.3 is 5.48 Å². The fourth-order valence-corrected chi connectivity index (χ4v) is 0.157. The minimum atomic E-state index is 0. The molecule has 0 bridgehead atoms. The van der Waals surface area contributed by atoms with Crippen molar-refractivity contribution in [1.29, 1.82) is 0 Å². The van der Waals surface area contributed by atoms with E-state index < -0.39 is 0 Å². The third-order valence-electron chi connectivity index (χ3n) is 0.383. The molecule has 40 valence electrons. The zero-order valence-corrected chi connectivity index (χ0v) is 4.22. The van der Waals surface area contributed by atoms with Gasteiger partial charge >= 0.3 is 0 Å². The Morgan fingerprint density at radius 2 is 1.14 bits per heavy atom. The molecule has 0 aromatic carbocycles. The molecular formula is C6H10O. The molecule has 0 aromatic rings. The van der Waals surface area contributed by atoms with Crippen molar-refractivity contribution in [3.63, 3.8) is 0 Å². The standard InChI is InChI=1S/C6H8.H2O/c1-3-5-6-4-2;/h3-6H,1-2H2;1H2. The maximum atomic E-state index is 3.46. The molecule has 2 N–H and O–H groups in total. The third-order valence-corrected chi connectivity index (χ3v) is 0.383. The quantitative estimate of drug-likeness (QED) is 0.463. The average molecular weight is 98.1 g/mol. The Bertz CT molecular complexity index is 62.2. The van der Waals surface area contributed by atoms with Crippen molar-refractivity contribution in [1.82, 2.24) is 0 Å². The molecule has 0 rings (SSSR count). The normalized spacial score (nSPS) is 7.43. The van der Waals surface area contributed by atoms with E-state index in [0.717, 1.165) is 0 Å². The van der Waals surface area contributed by atoms with Crippen LogP contribution in [0.25, 0.3) is 0 Å². The van der Waals surface area contributed by atoms with Crippen molar-refractivity contribution in [2.75, 3.05) is 0 Å². The van der Waals surface area contributed by atoms with Crippen LogP contribution in [0.4, 0.5) is 0 Å². The van der Waals surface area contributed by atoms with Gasteiger partial charge in [-0.3, -0.25) is 0 Å². The molecular weight excluding hydrogens is 88.1 g/mol. The molecule has 0 amide bonds. The highest BCUT2D eigenvalue weighted by atomic mass is 16.0. The second kappa shape index (κ2) is 8.95. The lowest BCUT2D eigenvalue weighted by molar-refractivity contribution is 0.824. The van der Waals surface area contributed by atoms with E-state index in [1.807, 2.05) is 12.2 Å². The SMILES string of the molecule is C=CC=CC=C.O. The molecule has 0 aliphatic rings. The monoisotopic (exact) mass is 98.1 g/mol. The molecule has 1 heteroatoms. The molecule has 0 atom stereocenters. The Hall–Kier alpha value is -0.820. The summed E-state index contributed by atoms with van der Waals surface area (Å²) in [6, 6.07) is 0. The molecule has 7 heavy (non-hydrogen) atoms. The first kappa shape index (κ1) is 9.49. The van der Waals surface area contributed by atoms with Crippen molar-refractivity contribution in [3.05, 3.63) is 37.5 Å². The van der Waals surface area contributed by atoms with Crippen LogP contribution in [-0.4, -0.2) is 5.48 Å². The summed E-state index contributed by atoms with van der Waals surface area (Å²) < 4.78 is 0. The van der Waals surface area contributed by atoms with Gasteiger partial charge in [0.1, 0.15) is 0 Å². The molecule has 0 aliphatic carbocycles. The maximum absolute atomic E-state index is 3.46. The molecule has 0 fully saturated rings. The van der Waals surface area contributed by atoms with Gasteiger partial charge in [-0.2, -0.15) is 0 Å². The van der Waals surface area contributed by atoms with Crippen molar-refractivity contribution in [3.8, 4) is 0 Å². The van der Waals surface area contributed by atoms with Crippen LogP contribution in [-0.2, 0) is 0 Å². The van der Waals surface area contributed by atoms with Crippen molar-refractivity contribution in [2.45, 2.75) is 0 Å². The fourth-order valence-electron chi connectivity index (χ4n) is 0.157. The Morgan fingerprint density at radius 1 is 0.857 bits per heavy atom. The predicted octanol–water partition coefficient (Wildman–Crippen LogP) is 1.09. The Morgan fingerprint density at radius 3 is 1.29 bits per heavy atom. The van der Waals surface area contributed by atoms with E-state index in [4.69, 9.17) is 0 Å². The highest BCUT2D eigenvalue weighted by molar-refractivity contribution is 5.05. The van der Waals surface area contributed by atoms with Gasteiger partial charge in [-0.1, -0.05) is 37.5 Å². The summed E-state index contributed by atoms with van der Waals surface area (Å²) in [6.07, 6.45) is 7.07. The first-order chi connectivity index (χ1) is 2.91. The second-order valence-electron chi connectivity index (χ2n) is 0.856. The van der Waals surface area contributed by atoms with E-state index in [-0.39, 0.29) is 5.48 Å². The van der Waals surface area contributed by atoms with Gasteiger partial charge in [-0.05, 0) is 0 Å². The minimum Gasteiger partial charge on any atom is -0.412 e. The lowest BCUT2D eigenvalue weighted by atomic mass is 10.5. The van der Waals surface area contributed by atoms with E-state index in [0.29, 0.717) is 0 Å². The summed E-state index contributed by atoms with van der Waals surface area (Å²) in [5.74, 6) is 0. The van der Waals surface area contributed by atoms with Crippen LogP contribution >= 0.6 is 0 Å². The minimum absolute atomic E-state index is 0. The topological polar surface area (TPSA) is 31.5 Å². The molecule has 0 unspecified atom stereocenters. The van der Waals surface area contributed by atoms with Gasteiger partial charge in [0.2, 0.25) is 0 Å². The Kier molecular flexibility index (Phi) is 12.1. The van der Waals surface area contributed by atoms with Crippen LogP contribution in [0.1, 0.15) is 0 Å². The van der Waals surface area contributed by atoms with Crippen LogP contribution in [0.3, 0.4) is 0 Å². The first-order valence-corrected chi connectivity index (χ1v) is 1.82. The zero-order chi connectivity index (χ0) is 4.83. The first-order valence-electron chi connectivity index (χ1n) is 1.82. The summed E-state index contributed by atoms with van der Waals surface area (Å²) in [7, 11) is 0. The smallest absolute Gasteiger partial charge is 0.0629 e. The summed E-state index contributed by atoms with van der Waals surface area (Å²) in [5.41, 5.74) is 0. The van der Waals surface area contributed by atoms with Crippen LogP contribution in [0.2, 0.25) is 0 Å². The highest BCUT2D eigenvalue weighted by Crippen LogP contribution is 1.69. The zero-order valence-electron chi connectivity index (χ0n) is 4.22. The van der Waals surface area contributed by atoms with Crippen LogP contribution in [0.5, 0.6) is 0 Å². The molecule has 0 aliphatic heterocycles. The second-order valence-corrected chi connectivity index (χ2v) is 0.856. The number of hydrogen-bond donors (Lipinski definition) is 0. The van der Waals surface area contributed by atoms with Gasteiger partial charge in [0, 0.05) is 0 Å². The summed E-state index contributed by atoms with van der Waals surface area (Å²) in [5, 5.41) is 0. The van der Waals surface area contributed by atoms with Crippen LogP contribution in [0, 0.1) is 0 Å².